The van der Waals surface area contributed by atoms with Gasteiger partial charge in [0.15, 0.2) is 0 Å². The highest BCUT2D eigenvalue weighted by molar-refractivity contribution is 9.10. The van der Waals surface area contributed by atoms with Gasteiger partial charge in [0.05, 0.1) is 10.9 Å². The van der Waals surface area contributed by atoms with Gasteiger partial charge in [-0.2, -0.15) is 0 Å². The zero-order valence-electron chi connectivity index (χ0n) is 9.32. The predicted octanol–water partition coefficient (Wildman–Crippen LogP) is 4.00. The summed E-state index contributed by atoms with van der Waals surface area (Å²) >= 11 is 5.26. The van der Waals surface area contributed by atoms with Gasteiger partial charge >= 0.3 is 0 Å². The molecule has 1 N–H and O–H groups in total. The summed E-state index contributed by atoms with van der Waals surface area (Å²) in [6.07, 6.45) is 4.47. The van der Waals surface area contributed by atoms with E-state index in [0.29, 0.717) is 6.04 Å². The highest BCUT2D eigenvalue weighted by Gasteiger charge is 2.19. The molecule has 1 aromatic carbocycles. The molecular weight excluding hydrogens is 296 g/mol. The van der Waals surface area contributed by atoms with Crippen molar-refractivity contribution in [2.45, 2.75) is 18.9 Å². The second-order valence-electron chi connectivity index (χ2n) is 4.22. The Bertz CT molecular complexity index is 500. The van der Waals surface area contributed by atoms with Crippen LogP contribution >= 0.6 is 27.3 Å². The highest BCUT2D eigenvalue weighted by Crippen LogP contribution is 2.32. The molecule has 1 fully saturated rings. The molecule has 0 unspecified atom stereocenters. The first-order valence-electron chi connectivity index (χ1n) is 5.78. The monoisotopic (exact) mass is 308 g/mol. The summed E-state index contributed by atoms with van der Waals surface area (Å²) in [4.78, 5) is 5.79. The van der Waals surface area contributed by atoms with Crippen molar-refractivity contribution in [1.82, 2.24) is 10.3 Å². The first-order valence-corrected chi connectivity index (χ1v) is 7.39. The van der Waals surface area contributed by atoms with Gasteiger partial charge in [-0.3, -0.25) is 0 Å². The molecule has 0 radical (unpaired) electrons. The third kappa shape index (κ3) is 2.44. The van der Waals surface area contributed by atoms with Crippen LogP contribution in [0.5, 0.6) is 0 Å². The first kappa shape index (κ1) is 11.4. The zero-order valence-corrected chi connectivity index (χ0v) is 11.7. The number of hydrogen-bond donors (Lipinski definition) is 1. The van der Waals surface area contributed by atoms with Crippen molar-refractivity contribution in [2.24, 2.45) is 0 Å². The van der Waals surface area contributed by atoms with Crippen LogP contribution in [0, 0.1) is 0 Å². The molecule has 88 valence electrons. The molecule has 0 spiro atoms. The van der Waals surface area contributed by atoms with Gasteiger partial charge in [0, 0.05) is 10.7 Å². The van der Waals surface area contributed by atoms with Crippen molar-refractivity contribution in [3.63, 3.8) is 0 Å². The Morgan fingerprint density at radius 1 is 1.29 bits per heavy atom. The number of aromatic nitrogens is 1. The second-order valence-corrected chi connectivity index (χ2v) is 6.20. The van der Waals surface area contributed by atoms with Crippen molar-refractivity contribution in [1.29, 1.82) is 0 Å². The maximum Gasteiger partial charge on any atom is 0.110 e. The standard InChI is InChI=1S/C13H13BrN2S/c14-10-5-3-9(4-6-10)12-8-16-13(17-12)11-2-1-7-15-11/h3-6,8,11,15H,1-2,7H2/t11-/m0/s1. The molecule has 0 aliphatic carbocycles. The fourth-order valence-electron chi connectivity index (χ4n) is 2.09. The van der Waals surface area contributed by atoms with Gasteiger partial charge < -0.3 is 5.32 Å². The van der Waals surface area contributed by atoms with E-state index in [1.807, 2.05) is 6.20 Å². The van der Waals surface area contributed by atoms with Crippen LogP contribution in [-0.2, 0) is 0 Å². The van der Waals surface area contributed by atoms with Crippen molar-refractivity contribution in [2.75, 3.05) is 6.54 Å². The van der Waals surface area contributed by atoms with Crippen LogP contribution in [0.4, 0.5) is 0 Å². The summed E-state index contributed by atoms with van der Waals surface area (Å²) in [6.45, 7) is 1.12. The lowest BCUT2D eigenvalue weighted by atomic mass is 10.2. The second kappa shape index (κ2) is 4.88. The van der Waals surface area contributed by atoms with E-state index in [2.05, 4.69) is 50.5 Å². The number of benzene rings is 1. The van der Waals surface area contributed by atoms with Crippen molar-refractivity contribution >= 4 is 27.3 Å². The van der Waals surface area contributed by atoms with Crippen LogP contribution in [0.25, 0.3) is 10.4 Å². The van der Waals surface area contributed by atoms with Crippen LogP contribution in [-0.4, -0.2) is 11.5 Å². The topological polar surface area (TPSA) is 24.9 Å². The number of nitrogens with one attached hydrogen (secondary N) is 1. The molecule has 1 aliphatic rings. The molecule has 2 heterocycles. The van der Waals surface area contributed by atoms with Crippen molar-refractivity contribution in [3.05, 3.63) is 39.9 Å². The average Bonchev–Trinajstić information content (AvgIpc) is 3.00. The molecular formula is C13H13BrN2S. The van der Waals surface area contributed by atoms with Crippen molar-refractivity contribution < 1.29 is 0 Å². The lowest BCUT2D eigenvalue weighted by Crippen LogP contribution is -2.12. The predicted molar refractivity (Wildman–Crippen MR) is 75.2 cm³/mol. The molecule has 2 nitrogen and oxygen atoms in total. The van der Waals surface area contributed by atoms with Crippen LogP contribution in [0.15, 0.2) is 34.9 Å². The van der Waals surface area contributed by atoms with E-state index in [1.54, 1.807) is 11.3 Å². The number of nitrogens with zero attached hydrogens (tertiary/aromatic N) is 1. The molecule has 1 saturated heterocycles. The first-order chi connectivity index (χ1) is 8.33. The zero-order chi connectivity index (χ0) is 11.7. The van der Waals surface area contributed by atoms with Gasteiger partial charge in [0.1, 0.15) is 5.01 Å². The quantitative estimate of drug-likeness (QED) is 0.907. The summed E-state index contributed by atoms with van der Waals surface area (Å²) in [5, 5.41) is 4.71. The smallest absolute Gasteiger partial charge is 0.110 e. The van der Waals surface area contributed by atoms with Crippen LogP contribution < -0.4 is 5.32 Å². The maximum absolute atomic E-state index is 4.54. The van der Waals surface area contributed by atoms with Gasteiger partial charge in [-0.05, 0) is 37.1 Å². The Labute approximate surface area is 113 Å². The number of thiazole rings is 1. The Hall–Kier alpha value is -0.710. The number of halogens is 1. The van der Waals surface area contributed by atoms with E-state index in [1.165, 1.54) is 28.3 Å². The van der Waals surface area contributed by atoms with Crippen LogP contribution in [0.3, 0.4) is 0 Å². The summed E-state index contributed by atoms with van der Waals surface area (Å²) < 4.78 is 1.11. The summed E-state index contributed by atoms with van der Waals surface area (Å²) in [7, 11) is 0. The molecule has 17 heavy (non-hydrogen) atoms. The minimum Gasteiger partial charge on any atom is -0.308 e. The van der Waals surface area contributed by atoms with Gasteiger partial charge in [0.2, 0.25) is 0 Å². The Balaban J connectivity index is 1.86. The minimum atomic E-state index is 0.476. The maximum atomic E-state index is 4.54. The van der Waals surface area contributed by atoms with Gasteiger partial charge in [0.25, 0.3) is 0 Å². The molecule has 4 heteroatoms. The average molecular weight is 309 g/mol. The molecule has 0 bridgehead atoms. The summed E-state index contributed by atoms with van der Waals surface area (Å²) in [5.74, 6) is 0. The van der Waals surface area contributed by atoms with Gasteiger partial charge in [-0.15, -0.1) is 11.3 Å². The molecule has 3 rings (SSSR count). The SMILES string of the molecule is Brc1ccc(-c2cnc([C@@H]3CCCN3)s2)cc1. The van der Waals surface area contributed by atoms with E-state index >= 15 is 0 Å². The Morgan fingerprint density at radius 2 is 2.12 bits per heavy atom. The third-order valence-corrected chi connectivity index (χ3v) is 4.70. The summed E-state index contributed by atoms with van der Waals surface area (Å²) in [5.41, 5.74) is 1.25. The highest BCUT2D eigenvalue weighted by atomic mass is 79.9. The van der Waals surface area contributed by atoms with E-state index in [-0.39, 0.29) is 0 Å². The van der Waals surface area contributed by atoms with Crippen molar-refractivity contribution in [3.8, 4) is 10.4 Å². The number of rotatable bonds is 2. The van der Waals surface area contributed by atoms with E-state index in [9.17, 15) is 0 Å². The van der Waals surface area contributed by atoms with Crippen LogP contribution in [0.2, 0.25) is 0 Å². The molecule has 0 saturated carbocycles. The molecule has 1 atom stereocenters. The minimum absolute atomic E-state index is 0.476. The van der Waals surface area contributed by atoms with E-state index < -0.39 is 0 Å². The number of hydrogen-bond acceptors (Lipinski definition) is 3. The van der Waals surface area contributed by atoms with Gasteiger partial charge in [-0.25, -0.2) is 4.98 Å². The lowest BCUT2D eigenvalue weighted by Gasteiger charge is -2.04. The fourth-order valence-corrected chi connectivity index (χ4v) is 3.39. The molecule has 0 amide bonds. The molecule has 2 aromatic rings. The molecule has 1 aliphatic heterocycles. The third-order valence-electron chi connectivity index (χ3n) is 3.01. The largest absolute Gasteiger partial charge is 0.308 e. The molecule has 1 aromatic heterocycles. The summed E-state index contributed by atoms with van der Waals surface area (Å²) in [6, 6.07) is 8.88. The van der Waals surface area contributed by atoms with E-state index in [4.69, 9.17) is 0 Å². The fraction of sp³-hybridized carbons (Fsp3) is 0.308. The normalized spacial score (nSPS) is 19.7. The van der Waals surface area contributed by atoms with Crippen LogP contribution in [0.1, 0.15) is 23.9 Å². The van der Waals surface area contributed by atoms with E-state index in [0.717, 1.165) is 11.0 Å². The Kier molecular flexibility index (Phi) is 3.27. The Morgan fingerprint density at radius 3 is 2.82 bits per heavy atom. The lowest BCUT2D eigenvalue weighted by molar-refractivity contribution is 0.643. The van der Waals surface area contributed by atoms with Gasteiger partial charge in [-0.1, -0.05) is 28.1 Å².